The minimum absolute atomic E-state index is 0.156. The summed E-state index contributed by atoms with van der Waals surface area (Å²) in [7, 11) is 0. The van der Waals surface area contributed by atoms with Gasteiger partial charge in [-0.1, -0.05) is 26.2 Å². The summed E-state index contributed by atoms with van der Waals surface area (Å²) in [6.07, 6.45) is 13.8. The van der Waals surface area contributed by atoms with E-state index in [0.717, 1.165) is 44.7 Å². The van der Waals surface area contributed by atoms with Gasteiger partial charge in [-0.3, -0.25) is 4.79 Å². The Morgan fingerprint density at radius 1 is 1.20 bits per heavy atom. The minimum atomic E-state index is 0.156. The van der Waals surface area contributed by atoms with Gasteiger partial charge in [0.05, 0.1) is 0 Å². The van der Waals surface area contributed by atoms with Gasteiger partial charge in [0.1, 0.15) is 12.4 Å². The van der Waals surface area contributed by atoms with Crippen molar-refractivity contribution in [2.24, 2.45) is 11.8 Å². The molecule has 0 aromatic carbocycles. The summed E-state index contributed by atoms with van der Waals surface area (Å²) in [6, 6.07) is 1.79. The molecule has 1 amide bonds. The van der Waals surface area contributed by atoms with Crippen molar-refractivity contribution in [3.05, 3.63) is 18.6 Å². The number of rotatable bonds is 6. The number of likely N-dealkylation sites (tertiary alicyclic amines) is 1. The Hall–Kier alpha value is -1.65. The molecule has 2 aliphatic rings. The Kier molecular flexibility index (Phi) is 6.65. The molecule has 1 saturated carbocycles. The van der Waals surface area contributed by atoms with Gasteiger partial charge in [-0.15, -0.1) is 0 Å². The Morgan fingerprint density at radius 3 is 2.60 bits per heavy atom. The van der Waals surface area contributed by atoms with Crippen LogP contribution in [0.15, 0.2) is 18.6 Å². The number of unbranched alkanes of at least 4 members (excludes halogenated alkanes) is 1. The average molecular weight is 345 g/mol. The molecule has 1 aromatic rings. The van der Waals surface area contributed by atoms with E-state index in [1.54, 1.807) is 12.3 Å². The highest BCUT2D eigenvalue weighted by Gasteiger charge is 2.31. The van der Waals surface area contributed by atoms with E-state index in [0.29, 0.717) is 11.8 Å². The molecule has 2 heterocycles. The summed E-state index contributed by atoms with van der Waals surface area (Å²) in [5, 5.41) is 0. The fourth-order valence-electron chi connectivity index (χ4n) is 4.16. The predicted octanol–water partition coefficient (Wildman–Crippen LogP) is 3.84. The van der Waals surface area contributed by atoms with Crippen LogP contribution in [0.1, 0.15) is 64.7 Å². The van der Waals surface area contributed by atoms with Crippen LogP contribution in [0, 0.1) is 11.8 Å². The van der Waals surface area contributed by atoms with Crippen molar-refractivity contribution in [3.8, 4) is 5.88 Å². The molecule has 1 aliphatic heterocycles. The smallest absolute Gasteiger partial charge is 0.225 e. The molecule has 1 aromatic heterocycles. The molecule has 0 unspecified atom stereocenters. The van der Waals surface area contributed by atoms with Gasteiger partial charge in [0.25, 0.3) is 0 Å². The number of ether oxygens (including phenoxy) is 1. The van der Waals surface area contributed by atoms with Crippen LogP contribution >= 0.6 is 0 Å². The molecule has 25 heavy (non-hydrogen) atoms. The molecule has 1 saturated heterocycles. The maximum atomic E-state index is 12.8. The number of nitrogens with zero attached hydrogens (tertiary/aromatic N) is 3. The van der Waals surface area contributed by atoms with E-state index in [1.807, 2.05) is 0 Å². The first-order valence-electron chi connectivity index (χ1n) is 9.97. The summed E-state index contributed by atoms with van der Waals surface area (Å²) in [4.78, 5) is 22.9. The van der Waals surface area contributed by atoms with Gasteiger partial charge in [-0.25, -0.2) is 9.97 Å². The third-order valence-corrected chi connectivity index (χ3v) is 5.76. The van der Waals surface area contributed by atoms with Crippen molar-refractivity contribution < 1.29 is 9.53 Å². The lowest BCUT2D eigenvalue weighted by Gasteiger charge is -2.36. The lowest BCUT2D eigenvalue weighted by Crippen LogP contribution is -2.45. The molecule has 0 spiro atoms. The van der Waals surface area contributed by atoms with Crippen LogP contribution in [0.3, 0.4) is 0 Å². The Balaban J connectivity index is 1.40. The summed E-state index contributed by atoms with van der Waals surface area (Å²) in [5.41, 5.74) is 0. The molecule has 1 aliphatic carbocycles. The maximum Gasteiger partial charge on any atom is 0.225 e. The van der Waals surface area contributed by atoms with Crippen LogP contribution in [0.4, 0.5) is 0 Å². The third kappa shape index (κ3) is 5.16. The van der Waals surface area contributed by atoms with E-state index >= 15 is 0 Å². The zero-order valence-corrected chi connectivity index (χ0v) is 15.4. The summed E-state index contributed by atoms with van der Waals surface area (Å²) < 4.78 is 5.89. The molecule has 0 bridgehead atoms. The molecule has 3 rings (SSSR count). The van der Waals surface area contributed by atoms with Crippen molar-refractivity contribution in [1.29, 1.82) is 0 Å². The van der Waals surface area contributed by atoms with E-state index in [-0.39, 0.29) is 12.0 Å². The van der Waals surface area contributed by atoms with Crippen molar-refractivity contribution in [1.82, 2.24) is 14.9 Å². The van der Waals surface area contributed by atoms with E-state index < -0.39 is 0 Å². The lowest BCUT2D eigenvalue weighted by molar-refractivity contribution is -0.138. The normalized spacial score (nSPS) is 24.9. The molecule has 5 heteroatoms. The van der Waals surface area contributed by atoms with Gasteiger partial charge in [0.2, 0.25) is 11.8 Å². The minimum Gasteiger partial charge on any atom is -0.474 e. The SMILES string of the molecule is CCCCC1CCC(C(=O)N2CCC(Oc3ccncn3)CC2)CC1. The lowest BCUT2D eigenvalue weighted by atomic mass is 9.79. The fraction of sp³-hybridized carbons (Fsp3) is 0.750. The largest absolute Gasteiger partial charge is 0.474 e. The van der Waals surface area contributed by atoms with Crippen LogP contribution in [0.2, 0.25) is 0 Å². The van der Waals surface area contributed by atoms with Crippen molar-refractivity contribution in [3.63, 3.8) is 0 Å². The number of carbonyl (C=O) groups excluding carboxylic acids is 1. The first kappa shape index (κ1) is 18.2. The monoisotopic (exact) mass is 345 g/mol. The van der Waals surface area contributed by atoms with Crippen LogP contribution in [0.25, 0.3) is 0 Å². The fourth-order valence-corrected chi connectivity index (χ4v) is 4.16. The highest BCUT2D eigenvalue weighted by molar-refractivity contribution is 5.79. The molecule has 138 valence electrons. The molecule has 0 radical (unpaired) electrons. The highest BCUT2D eigenvalue weighted by Crippen LogP contribution is 2.33. The molecule has 5 nitrogen and oxygen atoms in total. The zero-order valence-electron chi connectivity index (χ0n) is 15.4. The van der Waals surface area contributed by atoms with Gasteiger partial charge < -0.3 is 9.64 Å². The van der Waals surface area contributed by atoms with Gasteiger partial charge in [-0.05, 0) is 31.6 Å². The van der Waals surface area contributed by atoms with E-state index in [1.165, 1.54) is 38.4 Å². The van der Waals surface area contributed by atoms with Gasteiger partial charge in [-0.2, -0.15) is 0 Å². The van der Waals surface area contributed by atoms with Crippen molar-refractivity contribution >= 4 is 5.91 Å². The summed E-state index contributed by atoms with van der Waals surface area (Å²) in [5.74, 6) is 2.13. The topological polar surface area (TPSA) is 55.3 Å². The predicted molar refractivity (Wildman–Crippen MR) is 97.2 cm³/mol. The number of carbonyl (C=O) groups is 1. The second-order valence-corrected chi connectivity index (χ2v) is 7.55. The highest BCUT2D eigenvalue weighted by atomic mass is 16.5. The number of hydrogen-bond acceptors (Lipinski definition) is 4. The van der Waals surface area contributed by atoms with E-state index in [4.69, 9.17) is 4.74 Å². The van der Waals surface area contributed by atoms with Crippen LogP contribution < -0.4 is 4.74 Å². The average Bonchev–Trinajstić information content (AvgIpc) is 2.68. The Morgan fingerprint density at radius 2 is 1.96 bits per heavy atom. The quantitative estimate of drug-likeness (QED) is 0.786. The second-order valence-electron chi connectivity index (χ2n) is 7.55. The summed E-state index contributed by atoms with van der Waals surface area (Å²) >= 11 is 0. The first-order chi connectivity index (χ1) is 12.3. The molecule has 0 N–H and O–H groups in total. The molecular formula is C20H31N3O2. The van der Waals surface area contributed by atoms with Crippen LogP contribution in [-0.4, -0.2) is 40.0 Å². The van der Waals surface area contributed by atoms with E-state index in [2.05, 4.69) is 21.8 Å². The van der Waals surface area contributed by atoms with Crippen LogP contribution in [0.5, 0.6) is 5.88 Å². The Bertz CT molecular complexity index is 521. The van der Waals surface area contributed by atoms with Gasteiger partial charge in [0, 0.05) is 44.1 Å². The summed E-state index contributed by atoms with van der Waals surface area (Å²) in [6.45, 7) is 3.88. The van der Waals surface area contributed by atoms with Gasteiger partial charge >= 0.3 is 0 Å². The van der Waals surface area contributed by atoms with Crippen molar-refractivity contribution in [2.75, 3.05) is 13.1 Å². The third-order valence-electron chi connectivity index (χ3n) is 5.76. The first-order valence-corrected chi connectivity index (χ1v) is 9.97. The standard InChI is InChI=1S/C20H31N3O2/c1-2-3-4-16-5-7-17(8-6-16)20(24)23-13-10-18(11-14-23)25-19-9-12-21-15-22-19/h9,12,15-18H,2-8,10-11,13-14H2,1H3. The molecule has 2 fully saturated rings. The van der Waals surface area contributed by atoms with Crippen molar-refractivity contribution in [2.45, 2.75) is 70.8 Å². The molecular weight excluding hydrogens is 314 g/mol. The number of amides is 1. The second kappa shape index (κ2) is 9.16. The number of hydrogen-bond donors (Lipinski definition) is 0. The number of aromatic nitrogens is 2. The van der Waals surface area contributed by atoms with Crippen LogP contribution in [-0.2, 0) is 4.79 Å². The molecule has 0 atom stereocenters. The van der Waals surface area contributed by atoms with E-state index in [9.17, 15) is 4.79 Å². The zero-order chi connectivity index (χ0) is 17.5. The number of piperidine rings is 1. The maximum absolute atomic E-state index is 12.8. The Labute approximate surface area is 151 Å². The van der Waals surface area contributed by atoms with Gasteiger partial charge in [0.15, 0.2) is 0 Å².